The Kier molecular flexibility index (Phi) is 6.37. The summed E-state index contributed by atoms with van der Waals surface area (Å²) in [4.78, 5) is 19.5. The highest BCUT2D eigenvalue weighted by Gasteiger charge is 2.24. The summed E-state index contributed by atoms with van der Waals surface area (Å²) >= 11 is 7.26. The Labute approximate surface area is 195 Å². The largest absolute Gasteiger partial charge is 0.467 e. The van der Waals surface area contributed by atoms with Crippen LogP contribution in [0.1, 0.15) is 23.3 Å². The topological polar surface area (TPSA) is 80.5 Å². The number of aryl methyl sites for hydroxylation is 2. The minimum Gasteiger partial charge on any atom is -0.467 e. The van der Waals surface area contributed by atoms with Crippen molar-refractivity contribution in [3.63, 3.8) is 0 Å². The summed E-state index contributed by atoms with van der Waals surface area (Å²) in [5, 5.41) is 0.963. The van der Waals surface area contributed by atoms with E-state index in [-0.39, 0.29) is 29.5 Å². The van der Waals surface area contributed by atoms with Gasteiger partial charge in [0, 0.05) is 11.4 Å². The number of anilines is 1. The molecule has 0 spiro atoms. The monoisotopic (exact) mass is 488 g/mol. The van der Waals surface area contributed by atoms with Gasteiger partial charge in [0.25, 0.3) is 0 Å². The molecule has 2 heterocycles. The SMILES string of the molecule is Cc1cc(C)c2sc(N(Cc3ccco3)C(=O)CCS(=O)(=O)c3ccc(Cl)cc3)nc2c1. The van der Waals surface area contributed by atoms with E-state index in [2.05, 4.69) is 11.1 Å². The van der Waals surface area contributed by atoms with Crippen LogP contribution in [0.2, 0.25) is 5.02 Å². The van der Waals surface area contributed by atoms with E-state index < -0.39 is 9.84 Å². The van der Waals surface area contributed by atoms with Crippen LogP contribution in [0.4, 0.5) is 5.13 Å². The molecule has 0 unspecified atom stereocenters. The Morgan fingerprint density at radius 3 is 2.59 bits per heavy atom. The molecule has 0 fully saturated rings. The van der Waals surface area contributed by atoms with E-state index in [9.17, 15) is 13.2 Å². The third kappa shape index (κ3) is 4.87. The van der Waals surface area contributed by atoms with Crippen LogP contribution in [-0.2, 0) is 21.2 Å². The van der Waals surface area contributed by atoms with E-state index >= 15 is 0 Å². The fraction of sp³-hybridized carbons (Fsp3) is 0.217. The summed E-state index contributed by atoms with van der Waals surface area (Å²) in [5.74, 6) is -0.0658. The van der Waals surface area contributed by atoms with Crippen molar-refractivity contribution in [1.82, 2.24) is 4.98 Å². The second kappa shape index (κ2) is 9.05. The van der Waals surface area contributed by atoms with Crippen LogP contribution in [0.25, 0.3) is 10.2 Å². The number of carbonyl (C=O) groups is 1. The maximum Gasteiger partial charge on any atom is 0.230 e. The minimum absolute atomic E-state index is 0.137. The van der Waals surface area contributed by atoms with Crippen LogP contribution in [-0.4, -0.2) is 25.1 Å². The van der Waals surface area contributed by atoms with E-state index in [4.69, 9.17) is 16.0 Å². The van der Waals surface area contributed by atoms with Crippen LogP contribution < -0.4 is 4.90 Å². The van der Waals surface area contributed by atoms with E-state index in [0.29, 0.717) is 15.9 Å². The minimum atomic E-state index is -3.63. The Balaban J connectivity index is 1.61. The molecule has 0 aliphatic heterocycles. The van der Waals surface area contributed by atoms with Gasteiger partial charge in [-0.25, -0.2) is 13.4 Å². The zero-order valence-electron chi connectivity index (χ0n) is 17.5. The van der Waals surface area contributed by atoms with Crippen molar-refractivity contribution in [1.29, 1.82) is 0 Å². The molecule has 0 aliphatic carbocycles. The average molecular weight is 489 g/mol. The van der Waals surface area contributed by atoms with Gasteiger partial charge in [-0.05, 0) is 67.4 Å². The number of sulfone groups is 1. The highest BCUT2D eigenvalue weighted by atomic mass is 35.5. The molecule has 2 aromatic heterocycles. The normalized spacial score (nSPS) is 11.7. The van der Waals surface area contributed by atoms with Crippen molar-refractivity contribution in [2.24, 2.45) is 0 Å². The molecule has 4 rings (SSSR count). The molecular formula is C23H21ClN2O4S2. The summed E-state index contributed by atoms with van der Waals surface area (Å²) in [6.45, 7) is 4.18. The number of halogens is 1. The number of thiazole rings is 1. The number of nitrogens with zero attached hydrogens (tertiary/aromatic N) is 2. The molecule has 0 saturated carbocycles. The maximum atomic E-state index is 13.2. The number of hydrogen-bond acceptors (Lipinski definition) is 6. The fourth-order valence-electron chi connectivity index (χ4n) is 3.42. The van der Waals surface area contributed by atoms with Crippen molar-refractivity contribution in [3.05, 3.63) is 76.7 Å². The predicted molar refractivity (Wildman–Crippen MR) is 127 cm³/mol. The molecule has 0 aliphatic rings. The first kappa shape index (κ1) is 22.5. The molecule has 0 saturated heterocycles. The Morgan fingerprint density at radius 1 is 1.16 bits per heavy atom. The summed E-state index contributed by atoms with van der Waals surface area (Å²) in [5.41, 5.74) is 2.98. The number of hydrogen-bond donors (Lipinski definition) is 0. The van der Waals surface area contributed by atoms with Gasteiger partial charge in [0.05, 0.1) is 33.7 Å². The summed E-state index contributed by atoms with van der Waals surface area (Å²) < 4.78 is 31.8. The van der Waals surface area contributed by atoms with Crippen molar-refractivity contribution in [3.8, 4) is 0 Å². The van der Waals surface area contributed by atoms with Gasteiger partial charge in [-0.3, -0.25) is 9.69 Å². The van der Waals surface area contributed by atoms with E-state index in [1.54, 1.807) is 12.1 Å². The highest BCUT2D eigenvalue weighted by Crippen LogP contribution is 2.33. The number of fused-ring (bicyclic) bond motifs is 1. The first-order chi connectivity index (χ1) is 15.2. The molecule has 6 nitrogen and oxygen atoms in total. The van der Waals surface area contributed by atoms with Crippen molar-refractivity contribution in [2.75, 3.05) is 10.7 Å². The molecule has 0 atom stereocenters. The standard InChI is InChI=1S/C23H21ClN2O4S2/c1-15-12-16(2)22-20(13-15)25-23(31-22)26(14-18-4-3-10-30-18)21(27)9-11-32(28,29)19-7-5-17(24)6-8-19/h3-8,10,12-13H,9,11,14H2,1-2H3. The highest BCUT2D eigenvalue weighted by molar-refractivity contribution is 7.91. The van der Waals surface area contributed by atoms with Gasteiger partial charge in [-0.15, -0.1) is 0 Å². The lowest BCUT2D eigenvalue weighted by Crippen LogP contribution is -2.31. The fourth-order valence-corrected chi connectivity index (χ4v) is 5.81. The third-order valence-corrected chi connectivity index (χ3v) is 8.21. The zero-order valence-corrected chi connectivity index (χ0v) is 19.9. The molecule has 0 N–H and O–H groups in total. The zero-order chi connectivity index (χ0) is 22.9. The first-order valence-corrected chi connectivity index (χ1v) is 12.8. The first-order valence-electron chi connectivity index (χ1n) is 9.92. The molecular weight excluding hydrogens is 468 g/mol. The Hall–Kier alpha value is -2.68. The second-order valence-electron chi connectivity index (χ2n) is 7.51. The number of amides is 1. The van der Waals surface area contributed by atoms with Gasteiger partial charge < -0.3 is 4.42 Å². The summed E-state index contributed by atoms with van der Waals surface area (Å²) in [6, 6.07) is 13.5. The molecule has 166 valence electrons. The van der Waals surface area contributed by atoms with Crippen molar-refractivity contribution < 1.29 is 17.6 Å². The lowest BCUT2D eigenvalue weighted by atomic mass is 10.1. The van der Waals surface area contributed by atoms with Crippen LogP contribution in [0.15, 0.2) is 64.1 Å². The van der Waals surface area contributed by atoms with Gasteiger partial charge >= 0.3 is 0 Å². The second-order valence-corrected chi connectivity index (χ2v) is 11.0. The van der Waals surface area contributed by atoms with Gasteiger partial charge in [-0.2, -0.15) is 0 Å². The van der Waals surface area contributed by atoms with Gasteiger partial charge in [0.15, 0.2) is 15.0 Å². The smallest absolute Gasteiger partial charge is 0.230 e. The quantitative estimate of drug-likeness (QED) is 0.340. The molecule has 0 radical (unpaired) electrons. The molecule has 2 aromatic carbocycles. The number of rotatable bonds is 7. The van der Waals surface area contributed by atoms with Crippen LogP contribution in [0.5, 0.6) is 0 Å². The van der Waals surface area contributed by atoms with E-state index in [0.717, 1.165) is 21.3 Å². The van der Waals surface area contributed by atoms with Crippen molar-refractivity contribution in [2.45, 2.75) is 31.7 Å². The maximum absolute atomic E-state index is 13.2. The molecule has 0 bridgehead atoms. The molecule has 1 amide bonds. The Bertz CT molecular complexity index is 1360. The summed E-state index contributed by atoms with van der Waals surface area (Å²) in [7, 11) is -3.63. The number of carbonyl (C=O) groups excluding carboxylic acids is 1. The molecule has 4 aromatic rings. The van der Waals surface area contributed by atoms with Gasteiger partial charge in [0.2, 0.25) is 5.91 Å². The average Bonchev–Trinajstić information content (AvgIpc) is 3.40. The van der Waals surface area contributed by atoms with Gasteiger partial charge in [-0.1, -0.05) is 29.0 Å². The van der Waals surface area contributed by atoms with E-state index in [1.807, 2.05) is 19.9 Å². The predicted octanol–water partition coefficient (Wildman–Crippen LogP) is 5.56. The number of aromatic nitrogens is 1. The van der Waals surface area contributed by atoms with E-state index in [1.165, 1.54) is 46.8 Å². The van der Waals surface area contributed by atoms with Crippen molar-refractivity contribution >= 4 is 54.0 Å². The number of benzene rings is 2. The van der Waals surface area contributed by atoms with Crippen LogP contribution in [0.3, 0.4) is 0 Å². The number of furan rings is 1. The Morgan fingerprint density at radius 2 is 1.91 bits per heavy atom. The van der Waals surface area contributed by atoms with Gasteiger partial charge in [0.1, 0.15) is 5.76 Å². The molecule has 9 heteroatoms. The lowest BCUT2D eigenvalue weighted by molar-refractivity contribution is -0.118. The lowest BCUT2D eigenvalue weighted by Gasteiger charge is -2.18. The summed E-state index contributed by atoms with van der Waals surface area (Å²) in [6.07, 6.45) is 1.36. The van der Waals surface area contributed by atoms with Crippen LogP contribution in [0, 0.1) is 13.8 Å². The van der Waals surface area contributed by atoms with Crippen LogP contribution >= 0.6 is 22.9 Å². The molecule has 32 heavy (non-hydrogen) atoms. The third-order valence-electron chi connectivity index (χ3n) is 4.99.